The number of amides is 2. The fourth-order valence-corrected chi connectivity index (χ4v) is 3.96. The Morgan fingerprint density at radius 3 is 2.33 bits per heavy atom. The van der Waals surface area contributed by atoms with Crippen molar-refractivity contribution in [1.29, 1.82) is 0 Å². The highest BCUT2D eigenvalue weighted by Crippen LogP contribution is 2.30. The Kier molecular flexibility index (Phi) is 7.36. The topological polar surface area (TPSA) is 71.1 Å². The number of benzene rings is 2. The number of hydrogen-bond donors (Lipinski definition) is 2. The Balaban J connectivity index is 1.63. The third-order valence-corrected chi connectivity index (χ3v) is 5.70. The molecule has 1 atom stereocenters. The van der Waals surface area contributed by atoms with Gasteiger partial charge in [0.1, 0.15) is 5.01 Å². The molecular formula is C24H27N3O2S. The number of nitrogens with one attached hydrogen (secondary N) is 2. The van der Waals surface area contributed by atoms with Crippen molar-refractivity contribution < 1.29 is 9.59 Å². The van der Waals surface area contributed by atoms with Crippen molar-refractivity contribution in [3.05, 3.63) is 59.5 Å². The Morgan fingerprint density at radius 2 is 1.70 bits per heavy atom. The van der Waals surface area contributed by atoms with Crippen molar-refractivity contribution in [3.63, 3.8) is 0 Å². The summed E-state index contributed by atoms with van der Waals surface area (Å²) in [5.74, 6) is 0.0184. The van der Waals surface area contributed by atoms with Gasteiger partial charge in [0.2, 0.25) is 11.8 Å². The van der Waals surface area contributed by atoms with E-state index in [0.717, 1.165) is 40.4 Å². The molecule has 5 nitrogen and oxygen atoms in total. The number of nitrogens with zero attached hydrogens (tertiary/aromatic N) is 1. The van der Waals surface area contributed by atoms with Crippen molar-refractivity contribution in [2.75, 3.05) is 5.32 Å². The SMILES string of the molecule is CCC(=O)Nc1ccc(-c2nc(-c3ccc(CC[C@H](C)NC(C)=O)cc3)cs2)cc1. The molecule has 0 radical (unpaired) electrons. The van der Waals surface area contributed by atoms with Crippen molar-refractivity contribution in [2.24, 2.45) is 0 Å². The second-order valence-corrected chi connectivity index (χ2v) is 8.21. The molecule has 2 amide bonds. The first-order valence-corrected chi connectivity index (χ1v) is 11.0. The Labute approximate surface area is 181 Å². The van der Waals surface area contributed by atoms with Gasteiger partial charge in [0, 0.05) is 41.6 Å². The van der Waals surface area contributed by atoms with Crippen LogP contribution < -0.4 is 10.6 Å². The minimum absolute atomic E-state index is 0.00676. The summed E-state index contributed by atoms with van der Waals surface area (Å²) in [5, 5.41) is 8.79. The van der Waals surface area contributed by atoms with Crippen molar-refractivity contribution >= 4 is 28.8 Å². The molecule has 2 N–H and O–H groups in total. The largest absolute Gasteiger partial charge is 0.354 e. The maximum absolute atomic E-state index is 11.5. The van der Waals surface area contributed by atoms with Crippen LogP contribution in [0.15, 0.2) is 53.9 Å². The molecule has 1 aromatic heterocycles. The van der Waals surface area contributed by atoms with Crippen LogP contribution in [0.1, 0.15) is 39.2 Å². The molecule has 0 spiro atoms. The van der Waals surface area contributed by atoms with Gasteiger partial charge >= 0.3 is 0 Å². The van der Waals surface area contributed by atoms with Gasteiger partial charge in [-0.2, -0.15) is 0 Å². The molecule has 0 saturated heterocycles. The molecular weight excluding hydrogens is 394 g/mol. The van der Waals surface area contributed by atoms with Gasteiger partial charge in [-0.1, -0.05) is 31.2 Å². The minimum Gasteiger partial charge on any atom is -0.354 e. The van der Waals surface area contributed by atoms with Gasteiger partial charge in [-0.3, -0.25) is 9.59 Å². The molecule has 0 aliphatic carbocycles. The summed E-state index contributed by atoms with van der Waals surface area (Å²) in [7, 11) is 0. The first-order chi connectivity index (χ1) is 14.4. The molecule has 156 valence electrons. The maximum Gasteiger partial charge on any atom is 0.224 e. The van der Waals surface area contributed by atoms with Gasteiger partial charge < -0.3 is 10.6 Å². The Morgan fingerprint density at radius 1 is 1.03 bits per heavy atom. The zero-order chi connectivity index (χ0) is 21.5. The number of rotatable bonds is 8. The normalized spacial score (nSPS) is 11.7. The molecule has 0 unspecified atom stereocenters. The molecule has 6 heteroatoms. The van der Waals surface area contributed by atoms with E-state index in [-0.39, 0.29) is 17.9 Å². The summed E-state index contributed by atoms with van der Waals surface area (Å²) in [6.07, 6.45) is 2.30. The van der Waals surface area contributed by atoms with Gasteiger partial charge in [0.15, 0.2) is 0 Å². The van der Waals surface area contributed by atoms with Crippen molar-refractivity contribution in [3.8, 4) is 21.8 Å². The molecule has 2 aromatic carbocycles. The highest BCUT2D eigenvalue weighted by atomic mass is 32.1. The number of carbonyl (C=O) groups excluding carboxylic acids is 2. The lowest BCUT2D eigenvalue weighted by Crippen LogP contribution is -2.30. The third-order valence-electron chi connectivity index (χ3n) is 4.81. The second-order valence-electron chi connectivity index (χ2n) is 7.35. The zero-order valence-electron chi connectivity index (χ0n) is 17.6. The van der Waals surface area contributed by atoms with Crippen LogP contribution in [-0.4, -0.2) is 22.8 Å². The van der Waals surface area contributed by atoms with Crippen molar-refractivity contribution in [1.82, 2.24) is 10.3 Å². The minimum atomic E-state index is 0.00676. The number of thiazole rings is 1. The van der Waals surface area contributed by atoms with Crippen LogP contribution in [0.5, 0.6) is 0 Å². The molecule has 1 heterocycles. The van der Waals surface area contributed by atoms with Gasteiger partial charge in [0.25, 0.3) is 0 Å². The van der Waals surface area contributed by atoms with E-state index in [1.54, 1.807) is 18.3 Å². The van der Waals surface area contributed by atoms with Gasteiger partial charge in [-0.15, -0.1) is 11.3 Å². The lowest BCUT2D eigenvalue weighted by atomic mass is 10.0. The van der Waals surface area contributed by atoms with Crippen LogP contribution in [0.25, 0.3) is 21.8 Å². The lowest BCUT2D eigenvalue weighted by Gasteiger charge is -2.12. The van der Waals surface area contributed by atoms with Crippen LogP contribution >= 0.6 is 11.3 Å². The van der Waals surface area contributed by atoms with E-state index in [9.17, 15) is 9.59 Å². The molecule has 0 aliphatic heterocycles. The Hall–Kier alpha value is -2.99. The van der Waals surface area contributed by atoms with E-state index < -0.39 is 0 Å². The third kappa shape index (κ3) is 6.00. The number of aryl methyl sites for hydroxylation is 1. The number of anilines is 1. The molecule has 3 rings (SSSR count). The quantitative estimate of drug-likeness (QED) is 0.520. The van der Waals surface area contributed by atoms with E-state index in [2.05, 4.69) is 40.3 Å². The fraction of sp³-hybridized carbons (Fsp3) is 0.292. The summed E-state index contributed by atoms with van der Waals surface area (Å²) in [6, 6.07) is 16.4. The second kappa shape index (κ2) is 10.2. The van der Waals surface area contributed by atoms with E-state index >= 15 is 0 Å². The zero-order valence-corrected chi connectivity index (χ0v) is 18.4. The highest BCUT2D eigenvalue weighted by molar-refractivity contribution is 7.13. The molecule has 0 fully saturated rings. The van der Waals surface area contributed by atoms with Crippen LogP contribution in [0.3, 0.4) is 0 Å². The van der Waals surface area contributed by atoms with Crippen LogP contribution in [-0.2, 0) is 16.0 Å². The number of hydrogen-bond acceptors (Lipinski definition) is 4. The number of aromatic nitrogens is 1. The first kappa shape index (κ1) is 21.7. The van der Waals surface area contributed by atoms with E-state index in [0.29, 0.717) is 6.42 Å². The fourth-order valence-electron chi connectivity index (χ4n) is 3.13. The van der Waals surface area contributed by atoms with Crippen LogP contribution in [0, 0.1) is 0 Å². The average Bonchev–Trinajstić information content (AvgIpc) is 3.23. The molecule has 3 aromatic rings. The van der Waals surface area contributed by atoms with E-state index in [4.69, 9.17) is 4.98 Å². The summed E-state index contributed by atoms with van der Waals surface area (Å²) < 4.78 is 0. The molecule has 0 aliphatic rings. The molecule has 0 bridgehead atoms. The monoisotopic (exact) mass is 421 g/mol. The Bertz CT molecular complexity index is 994. The highest BCUT2D eigenvalue weighted by Gasteiger charge is 2.08. The maximum atomic E-state index is 11.5. The molecule has 30 heavy (non-hydrogen) atoms. The summed E-state index contributed by atoms with van der Waals surface area (Å²) in [5.41, 5.74) is 5.12. The smallest absolute Gasteiger partial charge is 0.224 e. The number of carbonyl (C=O) groups is 2. The van der Waals surface area contributed by atoms with Gasteiger partial charge in [-0.05, 0) is 49.6 Å². The average molecular weight is 422 g/mol. The lowest BCUT2D eigenvalue weighted by molar-refractivity contribution is -0.119. The van der Waals surface area contributed by atoms with Crippen LogP contribution in [0.4, 0.5) is 5.69 Å². The van der Waals surface area contributed by atoms with Gasteiger partial charge in [0.05, 0.1) is 5.69 Å². The predicted molar refractivity (Wildman–Crippen MR) is 124 cm³/mol. The first-order valence-electron chi connectivity index (χ1n) is 10.2. The van der Waals surface area contributed by atoms with E-state index in [1.165, 1.54) is 5.56 Å². The van der Waals surface area contributed by atoms with Crippen LogP contribution in [0.2, 0.25) is 0 Å². The van der Waals surface area contributed by atoms with Crippen molar-refractivity contribution in [2.45, 2.75) is 46.1 Å². The molecule has 0 saturated carbocycles. The van der Waals surface area contributed by atoms with Gasteiger partial charge in [-0.25, -0.2) is 4.98 Å². The summed E-state index contributed by atoms with van der Waals surface area (Å²) >= 11 is 1.61. The predicted octanol–water partition coefficient (Wildman–Crippen LogP) is 5.28. The summed E-state index contributed by atoms with van der Waals surface area (Å²) in [6.45, 7) is 5.41. The van der Waals surface area contributed by atoms with E-state index in [1.807, 2.05) is 38.1 Å². The summed E-state index contributed by atoms with van der Waals surface area (Å²) in [4.78, 5) is 27.4. The standard InChI is InChI=1S/C24H27N3O2S/c1-4-23(29)26-21-13-11-20(12-14-21)24-27-22(15-30-24)19-9-7-18(8-10-19)6-5-16(2)25-17(3)28/h7-16H,4-6H2,1-3H3,(H,25,28)(H,26,29)/t16-/m0/s1.